The predicted octanol–water partition coefficient (Wildman–Crippen LogP) is 2.41. The van der Waals surface area contributed by atoms with E-state index < -0.39 is 0 Å². The van der Waals surface area contributed by atoms with E-state index in [4.69, 9.17) is 10.5 Å². The first kappa shape index (κ1) is 12.3. The van der Waals surface area contributed by atoms with Crippen molar-refractivity contribution in [3.8, 4) is 5.75 Å². The molecule has 0 aromatic heterocycles. The minimum Gasteiger partial charge on any atom is -0.489 e. The number of rotatable bonds is 5. The van der Waals surface area contributed by atoms with E-state index in [1.54, 1.807) is 18.2 Å². The van der Waals surface area contributed by atoms with Gasteiger partial charge < -0.3 is 10.5 Å². The third-order valence-electron chi connectivity index (χ3n) is 2.59. The number of carbonyl (C=O) groups excluding carboxylic acids is 1. The standard InChI is InChI=1S/C15H15NO2/c16-10-15(17)13-7-4-8-14(9-13)18-11-12-5-2-1-3-6-12/h1-9H,10-11,16H2. The molecular formula is C15H15NO2. The van der Waals surface area contributed by atoms with Crippen LogP contribution in [0.25, 0.3) is 0 Å². The van der Waals surface area contributed by atoms with Crippen LogP contribution in [0.3, 0.4) is 0 Å². The van der Waals surface area contributed by atoms with Crippen molar-refractivity contribution < 1.29 is 9.53 Å². The van der Waals surface area contributed by atoms with Crippen LogP contribution in [-0.4, -0.2) is 12.3 Å². The molecule has 0 amide bonds. The number of carbonyl (C=O) groups is 1. The first-order chi connectivity index (χ1) is 8.79. The smallest absolute Gasteiger partial charge is 0.176 e. The molecule has 2 N–H and O–H groups in total. The lowest BCUT2D eigenvalue weighted by atomic mass is 10.1. The molecule has 0 unspecified atom stereocenters. The van der Waals surface area contributed by atoms with Crippen molar-refractivity contribution in [3.05, 3.63) is 65.7 Å². The second-order valence-corrected chi connectivity index (χ2v) is 3.93. The number of ether oxygens (including phenoxy) is 1. The lowest BCUT2D eigenvalue weighted by molar-refractivity contribution is 0.100. The summed E-state index contributed by atoms with van der Waals surface area (Å²) < 4.78 is 5.63. The number of hydrogen-bond acceptors (Lipinski definition) is 3. The van der Waals surface area contributed by atoms with E-state index in [9.17, 15) is 4.79 Å². The molecule has 0 fully saturated rings. The summed E-state index contributed by atoms with van der Waals surface area (Å²) in [5, 5.41) is 0. The maximum absolute atomic E-state index is 11.5. The van der Waals surface area contributed by atoms with Crippen LogP contribution in [0.4, 0.5) is 0 Å². The van der Waals surface area contributed by atoms with E-state index in [1.165, 1.54) is 0 Å². The number of nitrogens with two attached hydrogens (primary N) is 1. The molecule has 0 spiro atoms. The Morgan fingerprint density at radius 1 is 1.06 bits per heavy atom. The summed E-state index contributed by atoms with van der Waals surface area (Å²) in [5.74, 6) is 0.596. The summed E-state index contributed by atoms with van der Waals surface area (Å²) in [7, 11) is 0. The molecule has 18 heavy (non-hydrogen) atoms. The van der Waals surface area contributed by atoms with Gasteiger partial charge in [0.2, 0.25) is 0 Å². The highest BCUT2D eigenvalue weighted by atomic mass is 16.5. The number of ketones is 1. The van der Waals surface area contributed by atoms with Gasteiger partial charge in [0.25, 0.3) is 0 Å². The average Bonchev–Trinajstić information content (AvgIpc) is 2.45. The number of hydrogen-bond donors (Lipinski definition) is 1. The van der Waals surface area contributed by atoms with Crippen LogP contribution in [0, 0.1) is 0 Å². The molecule has 3 nitrogen and oxygen atoms in total. The predicted molar refractivity (Wildman–Crippen MR) is 70.6 cm³/mol. The van der Waals surface area contributed by atoms with Crippen molar-refractivity contribution >= 4 is 5.78 Å². The summed E-state index contributed by atoms with van der Waals surface area (Å²) in [5.41, 5.74) is 7.01. The van der Waals surface area contributed by atoms with E-state index in [2.05, 4.69) is 0 Å². The fourth-order valence-corrected chi connectivity index (χ4v) is 1.62. The van der Waals surface area contributed by atoms with Crippen LogP contribution in [0.2, 0.25) is 0 Å². The minimum atomic E-state index is -0.0832. The molecule has 0 heterocycles. The molecule has 3 heteroatoms. The molecule has 0 atom stereocenters. The van der Waals surface area contributed by atoms with Crippen molar-refractivity contribution in [3.63, 3.8) is 0 Å². The molecule has 0 aliphatic carbocycles. The maximum Gasteiger partial charge on any atom is 0.176 e. The van der Waals surface area contributed by atoms with Crippen molar-refractivity contribution in [1.82, 2.24) is 0 Å². The molecule has 2 rings (SSSR count). The lowest BCUT2D eigenvalue weighted by Crippen LogP contribution is -2.13. The number of benzene rings is 2. The molecule has 0 saturated carbocycles. The summed E-state index contributed by atoms with van der Waals surface area (Å²) in [6.07, 6.45) is 0. The molecule has 0 radical (unpaired) electrons. The van der Waals surface area contributed by atoms with Crippen molar-refractivity contribution in [2.75, 3.05) is 6.54 Å². The van der Waals surface area contributed by atoms with Gasteiger partial charge in [0.15, 0.2) is 5.78 Å². The molecule has 92 valence electrons. The van der Waals surface area contributed by atoms with Crippen LogP contribution < -0.4 is 10.5 Å². The third kappa shape index (κ3) is 3.18. The summed E-state index contributed by atoms with van der Waals surface area (Å²) in [6, 6.07) is 17.0. The van der Waals surface area contributed by atoms with Gasteiger partial charge in [-0.3, -0.25) is 4.79 Å². The topological polar surface area (TPSA) is 52.3 Å². The largest absolute Gasteiger partial charge is 0.489 e. The number of Topliss-reactive ketones (excluding diaryl/α,β-unsaturated/α-hetero) is 1. The van der Waals surface area contributed by atoms with Crippen molar-refractivity contribution in [2.24, 2.45) is 5.73 Å². The first-order valence-corrected chi connectivity index (χ1v) is 5.79. The second kappa shape index (κ2) is 5.98. The Bertz CT molecular complexity index is 523. The normalized spacial score (nSPS) is 10.1. The van der Waals surface area contributed by atoms with E-state index in [-0.39, 0.29) is 12.3 Å². The SMILES string of the molecule is NCC(=O)c1cccc(OCc2ccccc2)c1. The Morgan fingerprint density at radius 3 is 2.56 bits per heavy atom. The molecule has 2 aromatic carbocycles. The monoisotopic (exact) mass is 241 g/mol. The van der Waals surface area contributed by atoms with Crippen molar-refractivity contribution in [2.45, 2.75) is 6.61 Å². The highest BCUT2D eigenvalue weighted by Crippen LogP contribution is 2.15. The minimum absolute atomic E-state index is 0.0160. The van der Waals surface area contributed by atoms with Crippen molar-refractivity contribution in [1.29, 1.82) is 0 Å². The van der Waals surface area contributed by atoms with Crippen LogP contribution in [0.15, 0.2) is 54.6 Å². The van der Waals surface area contributed by atoms with E-state index >= 15 is 0 Å². The third-order valence-corrected chi connectivity index (χ3v) is 2.59. The van der Waals surface area contributed by atoms with Crippen LogP contribution in [0.5, 0.6) is 5.75 Å². The van der Waals surface area contributed by atoms with Gasteiger partial charge in [-0.15, -0.1) is 0 Å². The zero-order valence-corrected chi connectivity index (χ0v) is 10.0. The molecular weight excluding hydrogens is 226 g/mol. The van der Waals surface area contributed by atoms with Gasteiger partial charge in [0.1, 0.15) is 12.4 Å². The Labute approximate surface area is 106 Å². The fraction of sp³-hybridized carbons (Fsp3) is 0.133. The maximum atomic E-state index is 11.5. The molecule has 0 aliphatic heterocycles. The molecule has 0 aliphatic rings. The van der Waals surface area contributed by atoms with Gasteiger partial charge >= 0.3 is 0 Å². The Balaban J connectivity index is 2.04. The Morgan fingerprint density at radius 2 is 1.83 bits per heavy atom. The Hall–Kier alpha value is -2.13. The van der Waals surface area contributed by atoms with E-state index in [0.29, 0.717) is 17.9 Å². The van der Waals surface area contributed by atoms with Crippen LogP contribution >= 0.6 is 0 Å². The summed E-state index contributed by atoms with van der Waals surface area (Å²) in [4.78, 5) is 11.5. The molecule has 0 bridgehead atoms. The highest BCUT2D eigenvalue weighted by molar-refractivity contribution is 5.97. The van der Waals surface area contributed by atoms with Gasteiger partial charge in [-0.25, -0.2) is 0 Å². The summed E-state index contributed by atoms with van der Waals surface area (Å²) >= 11 is 0. The molecule has 2 aromatic rings. The van der Waals surface area contributed by atoms with E-state index in [1.807, 2.05) is 36.4 Å². The lowest BCUT2D eigenvalue weighted by Gasteiger charge is -2.07. The van der Waals surface area contributed by atoms with Gasteiger partial charge in [-0.1, -0.05) is 42.5 Å². The zero-order chi connectivity index (χ0) is 12.8. The van der Waals surface area contributed by atoms with Gasteiger partial charge in [0, 0.05) is 5.56 Å². The highest BCUT2D eigenvalue weighted by Gasteiger charge is 2.04. The second-order valence-electron chi connectivity index (χ2n) is 3.93. The average molecular weight is 241 g/mol. The van der Waals surface area contributed by atoms with E-state index in [0.717, 1.165) is 5.56 Å². The van der Waals surface area contributed by atoms with Gasteiger partial charge in [-0.2, -0.15) is 0 Å². The zero-order valence-electron chi connectivity index (χ0n) is 10.0. The van der Waals surface area contributed by atoms with Crippen LogP contribution in [-0.2, 0) is 6.61 Å². The fourth-order valence-electron chi connectivity index (χ4n) is 1.62. The first-order valence-electron chi connectivity index (χ1n) is 5.79. The molecule has 0 saturated heterocycles. The Kier molecular flexibility index (Phi) is 4.10. The van der Waals surface area contributed by atoms with Crippen LogP contribution in [0.1, 0.15) is 15.9 Å². The van der Waals surface area contributed by atoms with Gasteiger partial charge in [0.05, 0.1) is 6.54 Å². The van der Waals surface area contributed by atoms with Gasteiger partial charge in [-0.05, 0) is 17.7 Å². The summed E-state index contributed by atoms with van der Waals surface area (Å²) in [6.45, 7) is 0.503. The quantitative estimate of drug-likeness (QED) is 0.818.